The number of hydrogen-bond donors (Lipinski definition) is 3. The minimum absolute atomic E-state index is 0.383. The number of nitrogens with one attached hydrogen (secondary N) is 3. The first-order valence-electron chi connectivity index (χ1n) is 8.39. The molecule has 0 bridgehead atoms. The molecule has 4 rings (SSSR count). The van der Waals surface area contributed by atoms with E-state index in [1.807, 2.05) is 42.6 Å². The minimum atomic E-state index is -0.387. The lowest BCUT2D eigenvalue weighted by Gasteiger charge is -2.08. The average molecular weight is 356 g/mol. The molecule has 3 N–H and O–H groups in total. The first-order valence-corrected chi connectivity index (χ1v) is 8.39. The van der Waals surface area contributed by atoms with Crippen LogP contribution >= 0.6 is 0 Å². The standard InChI is InChI=1S/C21H16N4O2/c26-20(16-6-3-14(4-7-16)18-2-1-10-22-13-18)24-25-21(27)17-8-5-15-9-11-23-19(15)12-17/h1-13,23H,(H,24,26)(H,25,27). The van der Waals surface area contributed by atoms with Crippen LogP contribution in [0, 0.1) is 0 Å². The molecular formula is C21H16N4O2. The molecule has 0 saturated carbocycles. The van der Waals surface area contributed by atoms with E-state index in [1.54, 1.807) is 36.7 Å². The molecular weight excluding hydrogens is 340 g/mol. The second kappa shape index (κ2) is 7.13. The van der Waals surface area contributed by atoms with E-state index in [4.69, 9.17) is 0 Å². The summed E-state index contributed by atoms with van der Waals surface area (Å²) in [5, 5.41) is 1.02. The average Bonchev–Trinajstić information content (AvgIpc) is 3.20. The van der Waals surface area contributed by atoms with Crippen LogP contribution in [0.5, 0.6) is 0 Å². The third-order valence-electron chi connectivity index (χ3n) is 4.25. The molecule has 0 radical (unpaired) electrons. The highest BCUT2D eigenvalue weighted by atomic mass is 16.2. The van der Waals surface area contributed by atoms with Crippen LogP contribution in [0.15, 0.2) is 79.3 Å². The van der Waals surface area contributed by atoms with E-state index in [2.05, 4.69) is 20.8 Å². The maximum atomic E-state index is 12.3. The molecule has 2 amide bonds. The van der Waals surface area contributed by atoms with E-state index in [0.29, 0.717) is 11.1 Å². The molecule has 0 aliphatic rings. The maximum Gasteiger partial charge on any atom is 0.269 e. The molecule has 0 atom stereocenters. The summed E-state index contributed by atoms with van der Waals surface area (Å²) in [5.74, 6) is -0.770. The number of H-pyrrole nitrogens is 1. The molecule has 0 aliphatic carbocycles. The number of carbonyl (C=O) groups is 2. The number of nitrogens with zero attached hydrogens (tertiary/aromatic N) is 1. The zero-order chi connectivity index (χ0) is 18.6. The smallest absolute Gasteiger partial charge is 0.269 e. The quantitative estimate of drug-likeness (QED) is 0.492. The number of amides is 2. The Kier molecular flexibility index (Phi) is 4.37. The van der Waals surface area contributed by atoms with E-state index in [0.717, 1.165) is 22.0 Å². The van der Waals surface area contributed by atoms with Crippen molar-refractivity contribution in [3.63, 3.8) is 0 Å². The summed E-state index contributed by atoms with van der Waals surface area (Å²) in [7, 11) is 0. The molecule has 27 heavy (non-hydrogen) atoms. The van der Waals surface area contributed by atoms with E-state index in [9.17, 15) is 9.59 Å². The molecule has 0 saturated heterocycles. The number of aromatic amines is 1. The van der Waals surface area contributed by atoms with Gasteiger partial charge < -0.3 is 4.98 Å². The van der Waals surface area contributed by atoms with E-state index < -0.39 is 0 Å². The summed E-state index contributed by atoms with van der Waals surface area (Å²) < 4.78 is 0. The molecule has 4 aromatic rings. The first kappa shape index (κ1) is 16.5. The number of hydrazine groups is 1. The summed E-state index contributed by atoms with van der Waals surface area (Å²) in [6.45, 7) is 0. The summed E-state index contributed by atoms with van der Waals surface area (Å²) in [6, 6.07) is 18.1. The van der Waals surface area contributed by atoms with Gasteiger partial charge in [0.1, 0.15) is 0 Å². The monoisotopic (exact) mass is 356 g/mol. The number of rotatable bonds is 3. The van der Waals surface area contributed by atoms with Gasteiger partial charge in [-0.15, -0.1) is 0 Å². The Morgan fingerprint density at radius 2 is 1.56 bits per heavy atom. The number of carbonyl (C=O) groups excluding carboxylic acids is 2. The van der Waals surface area contributed by atoms with Gasteiger partial charge in [0, 0.05) is 35.2 Å². The zero-order valence-corrected chi connectivity index (χ0v) is 14.3. The molecule has 2 aromatic carbocycles. The molecule has 0 fully saturated rings. The minimum Gasteiger partial charge on any atom is -0.361 e. The third-order valence-corrected chi connectivity index (χ3v) is 4.25. The van der Waals surface area contributed by atoms with Crippen LogP contribution in [0.1, 0.15) is 20.7 Å². The van der Waals surface area contributed by atoms with E-state index in [1.165, 1.54) is 0 Å². The van der Waals surface area contributed by atoms with Crippen molar-refractivity contribution in [3.8, 4) is 11.1 Å². The van der Waals surface area contributed by atoms with Crippen molar-refractivity contribution in [2.24, 2.45) is 0 Å². The Hall–Kier alpha value is -3.93. The van der Waals surface area contributed by atoms with Gasteiger partial charge in [0.2, 0.25) is 0 Å². The van der Waals surface area contributed by atoms with Crippen molar-refractivity contribution in [3.05, 3.63) is 90.4 Å². The van der Waals surface area contributed by atoms with Gasteiger partial charge in [0.15, 0.2) is 0 Å². The maximum absolute atomic E-state index is 12.3. The Morgan fingerprint density at radius 3 is 2.30 bits per heavy atom. The lowest BCUT2D eigenvalue weighted by Crippen LogP contribution is -2.41. The van der Waals surface area contributed by atoms with Crippen LogP contribution in [0.25, 0.3) is 22.0 Å². The van der Waals surface area contributed by atoms with Crippen molar-refractivity contribution in [1.82, 2.24) is 20.8 Å². The fourth-order valence-electron chi connectivity index (χ4n) is 2.79. The number of hydrogen-bond acceptors (Lipinski definition) is 3. The molecule has 0 spiro atoms. The van der Waals surface area contributed by atoms with E-state index in [-0.39, 0.29) is 11.8 Å². The largest absolute Gasteiger partial charge is 0.361 e. The Bertz CT molecular complexity index is 1100. The second-order valence-electron chi connectivity index (χ2n) is 6.01. The first-order chi connectivity index (χ1) is 13.2. The van der Waals surface area contributed by atoms with Crippen LogP contribution in [0.4, 0.5) is 0 Å². The third kappa shape index (κ3) is 3.55. The molecule has 6 heteroatoms. The lowest BCUT2D eigenvalue weighted by molar-refractivity contribution is 0.0847. The summed E-state index contributed by atoms with van der Waals surface area (Å²) in [4.78, 5) is 31.6. The van der Waals surface area contributed by atoms with Gasteiger partial charge in [-0.3, -0.25) is 25.4 Å². The topological polar surface area (TPSA) is 86.9 Å². The van der Waals surface area contributed by atoms with Crippen molar-refractivity contribution in [2.75, 3.05) is 0 Å². The van der Waals surface area contributed by atoms with Gasteiger partial charge in [-0.1, -0.05) is 24.3 Å². The zero-order valence-electron chi connectivity index (χ0n) is 14.3. The number of aromatic nitrogens is 2. The van der Waals surface area contributed by atoms with Gasteiger partial charge in [-0.05, 0) is 52.9 Å². The fourth-order valence-corrected chi connectivity index (χ4v) is 2.79. The molecule has 0 unspecified atom stereocenters. The van der Waals surface area contributed by atoms with Crippen LogP contribution < -0.4 is 10.9 Å². The fraction of sp³-hybridized carbons (Fsp3) is 0. The van der Waals surface area contributed by atoms with Crippen LogP contribution in [-0.4, -0.2) is 21.8 Å². The van der Waals surface area contributed by atoms with Crippen molar-refractivity contribution in [2.45, 2.75) is 0 Å². The highest BCUT2D eigenvalue weighted by Gasteiger charge is 2.10. The van der Waals surface area contributed by atoms with Crippen LogP contribution in [0.2, 0.25) is 0 Å². The molecule has 2 aromatic heterocycles. The number of pyridine rings is 1. The van der Waals surface area contributed by atoms with E-state index >= 15 is 0 Å². The normalized spacial score (nSPS) is 10.5. The molecule has 0 aliphatic heterocycles. The number of benzene rings is 2. The van der Waals surface area contributed by atoms with Crippen LogP contribution in [-0.2, 0) is 0 Å². The van der Waals surface area contributed by atoms with Crippen molar-refractivity contribution in [1.29, 1.82) is 0 Å². The lowest BCUT2D eigenvalue weighted by atomic mass is 10.1. The van der Waals surface area contributed by atoms with Crippen LogP contribution in [0.3, 0.4) is 0 Å². The second-order valence-corrected chi connectivity index (χ2v) is 6.01. The summed E-state index contributed by atoms with van der Waals surface area (Å²) >= 11 is 0. The van der Waals surface area contributed by atoms with Crippen molar-refractivity contribution < 1.29 is 9.59 Å². The van der Waals surface area contributed by atoms with Crippen molar-refractivity contribution >= 4 is 22.7 Å². The molecule has 6 nitrogen and oxygen atoms in total. The molecule has 2 heterocycles. The van der Waals surface area contributed by atoms with Gasteiger partial charge in [-0.2, -0.15) is 0 Å². The number of fused-ring (bicyclic) bond motifs is 1. The summed E-state index contributed by atoms with van der Waals surface area (Å²) in [5.41, 5.74) is 8.57. The predicted molar refractivity (Wildman–Crippen MR) is 103 cm³/mol. The highest BCUT2D eigenvalue weighted by Crippen LogP contribution is 2.18. The predicted octanol–water partition coefficient (Wildman–Crippen LogP) is 3.30. The van der Waals surface area contributed by atoms with Gasteiger partial charge >= 0.3 is 0 Å². The Labute approximate surface area is 155 Å². The molecule has 132 valence electrons. The Morgan fingerprint density at radius 1 is 0.815 bits per heavy atom. The SMILES string of the molecule is O=C(NNC(=O)c1ccc2cc[nH]c2c1)c1ccc(-c2cccnc2)cc1. The highest BCUT2D eigenvalue weighted by molar-refractivity contribution is 6.01. The van der Waals surface area contributed by atoms with Gasteiger partial charge in [-0.25, -0.2) is 0 Å². The Balaban J connectivity index is 1.40. The summed E-state index contributed by atoms with van der Waals surface area (Å²) in [6.07, 6.45) is 5.28. The van der Waals surface area contributed by atoms with Gasteiger partial charge in [0.25, 0.3) is 11.8 Å². The van der Waals surface area contributed by atoms with Gasteiger partial charge in [0.05, 0.1) is 0 Å².